The van der Waals surface area contributed by atoms with Crippen LogP contribution in [-0.2, 0) is 0 Å². The van der Waals surface area contributed by atoms with E-state index < -0.39 is 0 Å². The minimum absolute atomic E-state index is 0. The maximum atomic E-state index is 10.8. The number of furan rings is 1. The fraction of sp³-hybridized carbons (Fsp3) is 0. The third-order valence-electron chi connectivity index (χ3n) is 7.38. The first-order chi connectivity index (χ1) is 19.7. The summed E-state index contributed by atoms with van der Waals surface area (Å²) in [6.07, 6.45) is 1.75. The molecule has 192 valence electrons. The molecule has 1 N–H and O–H groups in total. The van der Waals surface area contributed by atoms with Crippen LogP contribution in [0.2, 0.25) is 0 Å². The molecule has 0 aliphatic rings. The summed E-state index contributed by atoms with van der Waals surface area (Å²) in [6.45, 7) is 0. The quantitative estimate of drug-likeness (QED) is 0.182. The molecule has 3 aromatic heterocycles. The fourth-order valence-electron chi connectivity index (χ4n) is 5.59. The van der Waals surface area contributed by atoms with Crippen molar-refractivity contribution in [1.82, 2.24) is 9.55 Å². The second kappa shape index (κ2) is 10.2. The van der Waals surface area contributed by atoms with Crippen LogP contribution in [0.3, 0.4) is 0 Å². The molecule has 5 nitrogen and oxygen atoms in total. The number of phenols is 1. The summed E-state index contributed by atoms with van der Waals surface area (Å²) in [6, 6.07) is 41.4. The molecule has 0 aliphatic heterocycles. The topological polar surface area (TPSA) is 65.3 Å². The largest absolute Gasteiger partial charge is 2.00 e. The molecule has 0 unspecified atom stereocenters. The Kier molecular flexibility index (Phi) is 6.31. The van der Waals surface area contributed by atoms with Crippen molar-refractivity contribution in [2.45, 2.75) is 0 Å². The van der Waals surface area contributed by atoms with Gasteiger partial charge in [0.25, 0.3) is 0 Å². The Hall–Kier alpha value is -4.50. The molecule has 0 saturated heterocycles. The molecule has 8 aromatic rings. The molecule has 8 rings (SSSR count). The Labute approximate surface area is 259 Å². The second-order valence-electron chi connectivity index (χ2n) is 9.75. The van der Waals surface area contributed by atoms with Gasteiger partial charge >= 0.3 is 31.1 Å². The van der Waals surface area contributed by atoms with Crippen LogP contribution in [0.4, 0.5) is 11.4 Å². The molecule has 3 heterocycles. The molecule has 0 atom stereocenters. The summed E-state index contributed by atoms with van der Waals surface area (Å²) >= 11 is 0. The number of aromatic hydroxyl groups is 1. The number of fused-ring (bicyclic) bond motifs is 6. The zero-order valence-corrected chi connectivity index (χ0v) is 25.9. The van der Waals surface area contributed by atoms with E-state index in [0.717, 1.165) is 38.6 Å². The van der Waals surface area contributed by atoms with Crippen LogP contribution in [0.25, 0.3) is 66.0 Å². The molecule has 0 fully saturated rings. The number of hydrogen-bond acceptors (Lipinski definition) is 3. The normalized spacial score (nSPS) is 11.3. The summed E-state index contributed by atoms with van der Waals surface area (Å²) in [5.74, 6) is 0.0457. The summed E-state index contributed by atoms with van der Waals surface area (Å²) in [5.41, 5.74) is 7.26. The van der Waals surface area contributed by atoms with Crippen molar-refractivity contribution in [2.24, 2.45) is 0 Å². The summed E-state index contributed by atoms with van der Waals surface area (Å²) in [4.78, 5) is 4.69. The zero-order chi connectivity index (χ0) is 26.6. The van der Waals surface area contributed by atoms with Crippen molar-refractivity contribution in [1.29, 1.82) is 0 Å². The van der Waals surface area contributed by atoms with Crippen molar-refractivity contribution in [3.05, 3.63) is 133 Å². The Morgan fingerprint density at radius 3 is 2.17 bits per heavy atom. The minimum Gasteiger partial charge on any atom is -0.661 e. The summed E-state index contributed by atoms with van der Waals surface area (Å²) in [7, 11) is 0. The molecule has 0 spiro atoms. The van der Waals surface area contributed by atoms with Gasteiger partial charge in [-0.15, -0.1) is 29.8 Å². The van der Waals surface area contributed by atoms with Crippen molar-refractivity contribution in [3.8, 4) is 22.7 Å². The first-order valence-corrected chi connectivity index (χ1v) is 13.1. The molecule has 5 aromatic carbocycles. The van der Waals surface area contributed by atoms with Crippen LogP contribution < -0.4 is 0 Å². The van der Waals surface area contributed by atoms with Gasteiger partial charge in [-0.25, -0.2) is 0 Å². The van der Waals surface area contributed by atoms with Gasteiger partial charge in [0.1, 0.15) is 16.9 Å². The molecular weight excluding hydrogens is 732 g/mol. The van der Waals surface area contributed by atoms with Gasteiger partial charge < -0.3 is 24.4 Å². The van der Waals surface area contributed by atoms with Crippen LogP contribution >= 0.6 is 0 Å². The minimum atomic E-state index is 0. The number of nitrogens with zero attached hydrogens (tertiary/aromatic N) is 3. The third-order valence-corrected chi connectivity index (χ3v) is 7.38. The van der Waals surface area contributed by atoms with Gasteiger partial charge in [0, 0.05) is 33.8 Å². The smallest absolute Gasteiger partial charge is 0.661 e. The van der Waals surface area contributed by atoms with Crippen LogP contribution in [0.1, 0.15) is 0 Å². The second-order valence-corrected chi connectivity index (χ2v) is 9.75. The maximum absolute atomic E-state index is 10.8. The maximum Gasteiger partial charge on any atom is 2.00 e. The van der Waals surface area contributed by atoms with Crippen molar-refractivity contribution in [3.63, 3.8) is 0 Å². The van der Waals surface area contributed by atoms with E-state index >= 15 is 0 Å². The van der Waals surface area contributed by atoms with Crippen LogP contribution in [0.5, 0.6) is 5.75 Å². The average Bonchev–Trinajstić information content (AvgIpc) is 3.53. The van der Waals surface area contributed by atoms with Crippen LogP contribution in [-0.4, -0.2) is 14.7 Å². The van der Waals surface area contributed by atoms with Gasteiger partial charge in [0.2, 0.25) is 0 Å². The number of benzene rings is 5. The Morgan fingerprint density at radius 2 is 1.39 bits per heavy atom. The van der Waals surface area contributed by atoms with Gasteiger partial charge in [0.15, 0.2) is 0 Å². The molecule has 0 saturated carbocycles. The van der Waals surface area contributed by atoms with E-state index in [1.807, 2.05) is 48.5 Å². The molecular formula is C35H21N3O2U. The molecule has 6 heteroatoms. The Balaban J connectivity index is 0.00000276. The molecule has 0 amide bonds. The number of rotatable bonds is 4. The van der Waals surface area contributed by atoms with Crippen molar-refractivity contribution < 1.29 is 40.6 Å². The number of phenolic OH excluding ortho intramolecular Hbond substituents is 1. The Morgan fingerprint density at radius 1 is 0.683 bits per heavy atom. The molecule has 0 aliphatic carbocycles. The third kappa shape index (κ3) is 4.19. The summed E-state index contributed by atoms with van der Waals surface area (Å²) in [5, 5.41) is 20.0. The number of pyridine rings is 1. The molecule has 41 heavy (non-hydrogen) atoms. The van der Waals surface area contributed by atoms with Crippen molar-refractivity contribution in [2.75, 3.05) is 0 Å². The van der Waals surface area contributed by atoms with Gasteiger partial charge in [-0.05, 0) is 35.6 Å². The van der Waals surface area contributed by atoms with Crippen LogP contribution in [0, 0.1) is 37.2 Å². The molecule has 0 radical (unpaired) electrons. The zero-order valence-electron chi connectivity index (χ0n) is 21.7. The average molecular weight is 754 g/mol. The van der Waals surface area contributed by atoms with Crippen molar-refractivity contribution >= 4 is 55.1 Å². The standard InChI is InChI=1S/C35H21N3O2.U/c39-32-21-34-27(26-13-3-6-17-33(26)40-34)20-29(32)37-28-14-8-18-36-35(28)22-9-7-10-23(19-22)38-30-15-4-1-11-24(30)25-12-2-5-16-31(25)38;/h1-8,10-21,39H;/q-2;+2. The van der Waals surface area contributed by atoms with E-state index in [0.29, 0.717) is 22.7 Å². The number of aromatic nitrogens is 2. The SMILES string of the molecule is Oc1cc2oc3ccccc3c2cc1[N-]c1cccnc1-c1[c-]ccc(-n2c3ccccc3c3ccccc32)c1.[U+2]. The predicted octanol–water partition coefficient (Wildman–Crippen LogP) is 9.59. The van der Waals surface area contributed by atoms with Gasteiger partial charge in [0.05, 0.1) is 11.0 Å². The first kappa shape index (κ1) is 25.5. The van der Waals surface area contributed by atoms with Crippen LogP contribution in [0.15, 0.2) is 126 Å². The van der Waals surface area contributed by atoms with Gasteiger partial charge in [-0.1, -0.05) is 72.4 Å². The Bertz CT molecular complexity index is 2180. The first-order valence-electron chi connectivity index (χ1n) is 13.1. The number of para-hydroxylation sites is 3. The fourth-order valence-corrected chi connectivity index (χ4v) is 5.59. The van der Waals surface area contributed by atoms with Gasteiger partial charge in [-0.2, -0.15) is 5.69 Å². The van der Waals surface area contributed by atoms with E-state index in [-0.39, 0.29) is 36.9 Å². The van der Waals surface area contributed by atoms with E-state index in [1.54, 1.807) is 12.3 Å². The van der Waals surface area contributed by atoms with E-state index in [1.165, 1.54) is 10.8 Å². The number of hydrogen-bond donors (Lipinski definition) is 1. The predicted molar refractivity (Wildman–Crippen MR) is 161 cm³/mol. The monoisotopic (exact) mass is 753 g/mol. The van der Waals surface area contributed by atoms with E-state index in [4.69, 9.17) is 9.73 Å². The van der Waals surface area contributed by atoms with E-state index in [9.17, 15) is 5.11 Å². The molecule has 0 bridgehead atoms. The van der Waals surface area contributed by atoms with Gasteiger partial charge in [-0.3, -0.25) is 0 Å². The van der Waals surface area contributed by atoms with E-state index in [2.05, 4.69) is 76.3 Å². The summed E-state index contributed by atoms with van der Waals surface area (Å²) < 4.78 is 8.19.